The van der Waals surface area contributed by atoms with Crippen LogP contribution in [-0.4, -0.2) is 30.4 Å². The summed E-state index contributed by atoms with van der Waals surface area (Å²) in [7, 11) is 3.30. The number of aromatic nitrogens is 2. The topological polar surface area (TPSA) is 48.3 Å². The van der Waals surface area contributed by atoms with Crippen LogP contribution in [0.4, 0.5) is 11.6 Å². The molecule has 0 aliphatic rings. The lowest BCUT2D eigenvalue weighted by Crippen LogP contribution is -2.05. The van der Waals surface area contributed by atoms with Crippen molar-refractivity contribution in [2.24, 2.45) is 0 Å². The lowest BCUT2D eigenvalue weighted by atomic mass is 10.3. The Balaban J connectivity index is 2.08. The number of methoxy groups -OCH3 is 2. The van der Waals surface area contributed by atoms with E-state index in [-0.39, 0.29) is 0 Å². The zero-order valence-corrected chi connectivity index (χ0v) is 12.4. The lowest BCUT2D eigenvalue weighted by molar-refractivity contribution is 0.190. The molecule has 2 aromatic rings. The molecule has 0 saturated carbocycles. The molecule has 0 unspecified atom stereocenters. The summed E-state index contributed by atoms with van der Waals surface area (Å²) >= 11 is 6.01. The van der Waals surface area contributed by atoms with E-state index in [2.05, 4.69) is 10.3 Å². The van der Waals surface area contributed by atoms with Crippen molar-refractivity contribution in [3.05, 3.63) is 35.6 Å². The van der Waals surface area contributed by atoms with Gasteiger partial charge in [-0.15, -0.1) is 0 Å². The molecule has 0 saturated heterocycles. The molecule has 6 heteroatoms. The number of hydrogen-bond acceptors (Lipinski definition) is 4. The predicted octanol–water partition coefficient (Wildman–Crippen LogP) is 3.33. The molecule has 0 amide bonds. The Morgan fingerprint density at radius 1 is 1.35 bits per heavy atom. The van der Waals surface area contributed by atoms with Crippen LogP contribution in [0.1, 0.15) is 6.42 Å². The Morgan fingerprint density at radius 3 is 2.95 bits per heavy atom. The highest BCUT2D eigenvalue weighted by Gasteiger charge is 2.06. The van der Waals surface area contributed by atoms with E-state index in [9.17, 15) is 0 Å². The summed E-state index contributed by atoms with van der Waals surface area (Å²) in [6, 6.07) is 5.52. The number of halogens is 1. The molecule has 1 heterocycles. The van der Waals surface area contributed by atoms with Crippen molar-refractivity contribution in [1.82, 2.24) is 9.55 Å². The molecule has 0 spiro atoms. The van der Waals surface area contributed by atoms with Crippen LogP contribution in [0.15, 0.2) is 30.6 Å². The zero-order valence-electron chi connectivity index (χ0n) is 11.6. The van der Waals surface area contributed by atoms with Gasteiger partial charge in [-0.05, 0) is 18.6 Å². The van der Waals surface area contributed by atoms with Crippen LogP contribution < -0.4 is 10.1 Å². The second-order valence-corrected chi connectivity index (χ2v) is 4.67. The molecule has 0 radical (unpaired) electrons. The number of rotatable bonds is 7. The first-order valence-electron chi connectivity index (χ1n) is 6.35. The minimum Gasteiger partial charge on any atom is -0.495 e. The molecule has 108 valence electrons. The Morgan fingerprint density at radius 2 is 2.20 bits per heavy atom. The van der Waals surface area contributed by atoms with E-state index >= 15 is 0 Å². The Labute approximate surface area is 123 Å². The monoisotopic (exact) mass is 295 g/mol. The van der Waals surface area contributed by atoms with Crippen LogP contribution in [0.3, 0.4) is 0 Å². The van der Waals surface area contributed by atoms with Gasteiger partial charge in [0.25, 0.3) is 0 Å². The summed E-state index contributed by atoms with van der Waals surface area (Å²) in [6.07, 6.45) is 4.64. The fourth-order valence-corrected chi connectivity index (χ4v) is 2.05. The van der Waals surface area contributed by atoms with Gasteiger partial charge in [0.2, 0.25) is 5.95 Å². The molecule has 2 rings (SSSR count). The molecular weight excluding hydrogens is 278 g/mol. The molecule has 0 fully saturated rings. The fraction of sp³-hybridized carbons (Fsp3) is 0.357. The van der Waals surface area contributed by atoms with Crippen molar-refractivity contribution in [3.63, 3.8) is 0 Å². The number of nitrogens with one attached hydrogen (secondary N) is 1. The molecule has 1 N–H and O–H groups in total. The number of benzene rings is 1. The van der Waals surface area contributed by atoms with Crippen LogP contribution in [0.25, 0.3) is 0 Å². The zero-order chi connectivity index (χ0) is 14.4. The van der Waals surface area contributed by atoms with Crippen LogP contribution in [0, 0.1) is 0 Å². The van der Waals surface area contributed by atoms with Gasteiger partial charge in [0.1, 0.15) is 5.75 Å². The maximum atomic E-state index is 6.01. The molecular formula is C14H18ClN3O2. The number of aryl methyl sites for hydroxylation is 1. The predicted molar refractivity (Wildman–Crippen MR) is 80.0 cm³/mol. The molecule has 5 nitrogen and oxygen atoms in total. The van der Waals surface area contributed by atoms with Gasteiger partial charge in [-0.2, -0.15) is 0 Å². The molecule has 0 aliphatic heterocycles. The molecule has 0 bridgehead atoms. The molecule has 0 aliphatic carbocycles. The number of imidazole rings is 1. The van der Waals surface area contributed by atoms with Crippen molar-refractivity contribution in [2.45, 2.75) is 13.0 Å². The summed E-state index contributed by atoms with van der Waals surface area (Å²) in [5.41, 5.74) is 0.880. The van der Waals surface area contributed by atoms with Crippen molar-refractivity contribution >= 4 is 23.2 Å². The van der Waals surface area contributed by atoms with Gasteiger partial charge in [-0.3, -0.25) is 0 Å². The Kier molecular flexibility index (Phi) is 5.26. The van der Waals surface area contributed by atoms with E-state index in [1.807, 2.05) is 22.9 Å². The van der Waals surface area contributed by atoms with E-state index in [0.717, 1.165) is 31.2 Å². The summed E-state index contributed by atoms with van der Waals surface area (Å²) in [5.74, 6) is 1.42. The molecule has 0 atom stereocenters. The van der Waals surface area contributed by atoms with Crippen molar-refractivity contribution in [3.8, 4) is 5.75 Å². The minimum atomic E-state index is 0.585. The minimum absolute atomic E-state index is 0.585. The normalized spacial score (nSPS) is 10.6. The number of hydrogen-bond donors (Lipinski definition) is 1. The van der Waals surface area contributed by atoms with E-state index in [0.29, 0.717) is 10.8 Å². The number of anilines is 2. The van der Waals surface area contributed by atoms with Crippen molar-refractivity contribution in [2.75, 3.05) is 26.1 Å². The standard InChI is InChI=1S/C14H18ClN3O2/c1-19-9-3-7-18-8-6-16-14(18)17-11-4-5-12(15)13(10-11)20-2/h4-6,8,10H,3,7,9H2,1-2H3,(H,16,17). The third-order valence-corrected chi connectivity index (χ3v) is 3.18. The van der Waals surface area contributed by atoms with Gasteiger partial charge in [-0.1, -0.05) is 11.6 Å². The van der Waals surface area contributed by atoms with E-state index < -0.39 is 0 Å². The van der Waals surface area contributed by atoms with Gasteiger partial charge in [-0.25, -0.2) is 4.98 Å². The highest BCUT2D eigenvalue weighted by Crippen LogP contribution is 2.28. The van der Waals surface area contributed by atoms with Gasteiger partial charge in [0.15, 0.2) is 0 Å². The van der Waals surface area contributed by atoms with E-state index in [1.165, 1.54) is 0 Å². The first-order chi connectivity index (χ1) is 9.74. The third-order valence-electron chi connectivity index (χ3n) is 2.87. The largest absolute Gasteiger partial charge is 0.495 e. The highest BCUT2D eigenvalue weighted by atomic mass is 35.5. The summed E-state index contributed by atoms with van der Waals surface area (Å²) in [6.45, 7) is 1.58. The van der Waals surface area contributed by atoms with Crippen LogP contribution in [0.2, 0.25) is 5.02 Å². The summed E-state index contributed by atoms with van der Waals surface area (Å²) in [4.78, 5) is 4.31. The van der Waals surface area contributed by atoms with Gasteiger partial charge in [0, 0.05) is 44.4 Å². The molecule has 1 aromatic heterocycles. The van der Waals surface area contributed by atoms with Crippen LogP contribution in [0.5, 0.6) is 5.75 Å². The van der Waals surface area contributed by atoms with Crippen LogP contribution >= 0.6 is 11.6 Å². The average molecular weight is 296 g/mol. The fourth-order valence-electron chi connectivity index (χ4n) is 1.86. The first-order valence-corrected chi connectivity index (χ1v) is 6.73. The smallest absolute Gasteiger partial charge is 0.207 e. The number of ether oxygens (including phenoxy) is 2. The van der Waals surface area contributed by atoms with Crippen molar-refractivity contribution < 1.29 is 9.47 Å². The van der Waals surface area contributed by atoms with Gasteiger partial charge in [0.05, 0.1) is 12.1 Å². The quantitative estimate of drug-likeness (QED) is 0.796. The van der Waals surface area contributed by atoms with Crippen LogP contribution in [-0.2, 0) is 11.3 Å². The summed E-state index contributed by atoms with van der Waals surface area (Å²) < 4.78 is 12.3. The molecule has 1 aromatic carbocycles. The maximum Gasteiger partial charge on any atom is 0.207 e. The van der Waals surface area contributed by atoms with E-state index in [4.69, 9.17) is 21.1 Å². The van der Waals surface area contributed by atoms with Gasteiger partial charge < -0.3 is 19.4 Å². The SMILES string of the molecule is COCCCn1ccnc1Nc1ccc(Cl)c(OC)c1. The third kappa shape index (κ3) is 3.65. The second-order valence-electron chi connectivity index (χ2n) is 4.26. The number of nitrogens with zero attached hydrogens (tertiary/aromatic N) is 2. The second kappa shape index (κ2) is 7.17. The average Bonchev–Trinajstić information content (AvgIpc) is 2.88. The van der Waals surface area contributed by atoms with Gasteiger partial charge >= 0.3 is 0 Å². The van der Waals surface area contributed by atoms with Crippen molar-refractivity contribution in [1.29, 1.82) is 0 Å². The highest BCUT2D eigenvalue weighted by molar-refractivity contribution is 6.32. The lowest BCUT2D eigenvalue weighted by Gasteiger charge is -2.11. The first kappa shape index (κ1) is 14.7. The maximum absolute atomic E-state index is 6.01. The van der Waals surface area contributed by atoms with E-state index in [1.54, 1.807) is 26.5 Å². The Hall–Kier alpha value is -1.72. The summed E-state index contributed by atoms with van der Waals surface area (Å²) in [5, 5.41) is 3.84. The Bertz CT molecular complexity index is 557. The molecule has 20 heavy (non-hydrogen) atoms.